The van der Waals surface area contributed by atoms with E-state index in [1.165, 1.54) is 0 Å². The van der Waals surface area contributed by atoms with Crippen LogP contribution in [0.2, 0.25) is 0 Å². The van der Waals surface area contributed by atoms with Crippen LogP contribution in [0.5, 0.6) is 5.75 Å². The summed E-state index contributed by atoms with van der Waals surface area (Å²) in [4.78, 5) is 19.7. The van der Waals surface area contributed by atoms with Crippen LogP contribution in [-0.2, 0) is 0 Å². The highest BCUT2D eigenvalue weighted by atomic mass is 79.9. The van der Waals surface area contributed by atoms with Crippen LogP contribution in [0.4, 0.5) is 5.82 Å². The molecule has 1 aromatic carbocycles. The van der Waals surface area contributed by atoms with Crippen molar-refractivity contribution in [3.63, 3.8) is 0 Å². The molecule has 104 valence electrons. The number of rotatable bonds is 3. The highest BCUT2D eigenvalue weighted by molar-refractivity contribution is 9.10. The van der Waals surface area contributed by atoms with Gasteiger partial charge in [-0.2, -0.15) is 0 Å². The third-order valence-corrected chi connectivity index (χ3v) is 3.39. The molecule has 1 aromatic heterocycles. The second-order valence-corrected chi connectivity index (χ2v) is 4.96. The second-order valence-electron chi connectivity index (χ2n) is 4.11. The number of carbonyl (C=O) groups is 1. The van der Waals surface area contributed by atoms with Crippen molar-refractivity contribution in [1.82, 2.24) is 9.97 Å². The summed E-state index contributed by atoms with van der Waals surface area (Å²) in [5, 5.41) is 0. The first kappa shape index (κ1) is 14.3. The lowest BCUT2D eigenvalue weighted by Crippen LogP contribution is -2.17. The fourth-order valence-electron chi connectivity index (χ4n) is 1.83. The molecule has 7 heteroatoms. The van der Waals surface area contributed by atoms with E-state index in [1.807, 2.05) is 12.1 Å². The van der Waals surface area contributed by atoms with E-state index in [1.54, 1.807) is 20.1 Å². The van der Waals surface area contributed by atoms with Crippen molar-refractivity contribution in [2.24, 2.45) is 5.73 Å². The molecule has 0 radical (unpaired) electrons. The van der Waals surface area contributed by atoms with Gasteiger partial charge >= 0.3 is 0 Å². The zero-order chi connectivity index (χ0) is 14.9. The predicted molar refractivity (Wildman–Crippen MR) is 79.4 cm³/mol. The van der Waals surface area contributed by atoms with E-state index in [2.05, 4.69) is 25.9 Å². The van der Waals surface area contributed by atoms with Gasteiger partial charge in [-0.3, -0.25) is 4.79 Å². The maximum Gasteiger partial charge on any atom is 0.254 e. The Morgan fingerprint density at radius 2 is 2.05 bits per heavy atom. The van der Waals surface area contributed by atoms with Crippen molar-refractivity contribution in [3.05, 3.63) is 33.9 Å². The Kier molecular flexibility index (Phi) is 3.89. The molecule has 0 atom stereocenters. The van der Waals surface area contributed by atoms with Gasteiger partial charge in [0.25, 0.3) is 5.91 Å². The quantitative estimate of drug-likeness (QED) is 0.890. The number of amides is 1. The number of methoxy groups -OCH3 is 1. The average Bonchev–Trinajstić information content (AvgIpc) is 2.37. The Bertz CT molecular complexity index is 665. The third-order valence-electron chi connectivity index (χ3n) is 2.77. The molecule has 0 aliphatic carbocycles. The van der Waals surface area contributed by atoms with Gasteiger partial charge in [0.15, 0.2) is 5.82 Å². The second kappa shape index (κ2) is 5.46. The molecule has 0 fully saturated rings. The van der Waals surface area contributed by atoms with Crippen molar-refractivity contribution in [2.45, 2.75) is 6.92 Å². The number of anilines is 1. The summed E-state index contributed by atoms with van der Waals surface area (Å²) in [6.45, 7) is 1.67. The molecule has 0 spiro atoms. The van der Waals surface area contributed by atoms with Crippen LogP contribution in [-0.4, -0.2) is 23.0 Å². The van der Waals surface area contributed by atoms with E-state index in [0.29, 0.717) is 17.3 Å². The van der Waals surface area contributed by atoms with E-state index in [9.17, 15) is 4.79 Å². The number of halogens is 1. The number of carbonyl (C=O) groups excluding carboxylic acids is 1. The number of ether oxygens (including phenoxy) is 1. The van der Waals surface area contributed by atoms with Crippen LogP contribution >= 0.6 is 15.9 Å². The van der Waals surface area contributed by atoms with Crippen LogP contribution in [0.15, 0.2) is 22.7 Å². The molecule has 0 saturated carbocycles. The Hall–Kier alpha value is -2.15. The minimum absolute atomic E-state index is 0.0759. The molecule has 0 aliphatic heterocycles. The molecule has 0 aliphatic rings. The van der Waals surface area contributed by atoms with E-state index < -0.39 is 5.91 Å². The molecule has 1 heterocycles. The van der Waals surface area contributed by atoms with Gasteiger partial charge in [0.2, 0.25) is 0 Å². The Morgan fingerprint density at radius 3 is 2.55 bits per heavy atom. The Balaban J connectivity index is 2.54. The number of hydrogen-bond acceptors (Lipinski definition) is 5. The van der Waals surface area contributed by atoms with Gasteiger partial charge in [-0.05, 0) is 41.1 Å². The predicted octanol–water partition coefficient (Wildman–Crippen LogP) is 1.90. The molecular weight excluding hydrogens is 324 g/mol. The highest BCUT2D eigenvalue weighted by Gasteiger charge is 2.15. The molecule has 4 N–H and O–H groups in total. The first-order valence-corrected chi connectivity index (χ1v) is 6.51. The number of hydrogen-bond donors (Lipinski definition) is 2. The maximum atomic E-state index is 11.3. The summed E-state index contributed by atoms with van der Waals surface area (Å²) in [7, 11) is 1.58. The molecule has 1 amide bonds. The van der Waals surface area contributed by atoms with Gasteiger partial charge in [0.05, 0.1) is 17.3 Å². The van der Waals surface area contributed by atoms with Gasteiger partial charge in [0.1, 0.15) is 17.1 Å². The normalized spacial score (nSPS) is 10.3. The summed E-state index contributed by atoms with van der Waals surface area (Å²) in [5.74, 6) is 0.565. The van der Waals surface area contributed by atoms with Crippen LogP contribution in [0.25, 0.3) is 11.4 Å². The Morgan fingerprint density at radius 1 is 1.35 bits per heavy atom. The van der Waals surface area contributed by atoms with E-state index >= 15 is 0 Å². The number of primary amides is 1. The van der Waals surface area contributed by atoms with Crippen molar-refractivity contribution in [1.29, 1.82) is 0 Å². The highest BCUT2D eigenvalue weighted by Crippen LogP contribution is 2.30. The van der Waals surface area contributed by atoms with Crippen LogP contribution in [0.1, 0.15) is 16.1 Å². The lowest BCUT2D eigenvalue weighted by atomic mass is 10.1. The SMILES string of the molecule is COc1ccc(-c2nc(C)c(C(N)=O)c(N)n2)cc1Br. The van der Waals surface area contributed by atoms with Crippen LogP contribution in [0.3, 0.4) is 0 Å². The number of benzene rings is 1. The van der Waals surface area contributed by atoms with Gasteiger partial charge in [-0.1, -0.05) is 0 Å². The van der Waals surface area contributed by atoms with E-state index in [0.717, 1.165) is 10.0 Å². The summed E-state index contributed by atoms with van der Waals surface area (Å²) in [6, 6.07) is 5.41. The molecule has 6 nitrogen and oxygen atoms in total. The topological polar surface area (TPSA) is 104 Å². The number of aryl methyl sites for hydroxylation is 1. The number of nitrogens with two attached hydrogens (primary N) is 2. The monoisotopic (exact) mass is 336 g/mol. The Labute approximate surface area is 124 Å². The van der Waals surface area contributed by atoms with Crippen molar-refractivity contribution < 1.29 is 9.53 Å². The van der Waals surface area contributed by atoms with Crippen molar-refractivity contribution >= 4 is 27.7 Å². The average molecular weight is 337 g/mol. The summed E-state index contributed by atoms with van der Waals surface area (Å²) in [5.41, 5.74) is 12.4. The minimum atomic E-state index is -0.637. The van der Waals surface area contributed by atoms with Gasteiger partial charge in [-0.15, -0.1) is 0 Å². The molecule has 2 aromatic rings. The lowest BCUT2D eigenvalue weighted by Gasteiger charge is -2.09. The lowest BCUT2D eigenvalue weighted by molar-refractivity contribution is 0.1000. The number of aromatic nitrogens is 2. The summed E-state index contributed by atoms with van der Waals surface area (Å²) in [6.07, 6.45) is 0. The van der Waals surface area contributed by atoms with E-state index in [4.69, 9.17) is 16.2 Å². The fraction of sp³-hybridized carbons (Fsp3) is 0.154. The standard InChI is InChI=1S/C13H13BrN4O2/c1-6-10(12(16)19)11(15)18-13(17-6)7-3-4-9(20-2)8(14)5-7/h3-5H,1-2H3,(H2,16,19)(H2,15,17,18). The first-order valence-electron chi connectivity index (χ1n) is 5.72. The molecule has 2 rings (SSSR count). The first-order chi connectivity index (χ1) is 9.43. The molecule has 0 saturated heterocycles. The fourth-order valence-corrected chi connectivity index (χ4v) is 2.37. The summed E-state index contributed by atoms with van der Waals surface area (Å²) < 4.78 is 5.93. The molecular formula is C13H13BrN4O2. The van der Waals surface area contributed by atoms with Crippen molar-refractivity contribution in [2.75, 3.05) is 12.8 Å². The number of nitrogens with zero attached hydrogens (tertiary/aromatic N) is 2. The molecule has 0 bridgehead atoms. The van der Waals surface area contributed by atoms with E-state index in [-0.39, 0.29) is 11.4 Å². The van der Waals surface area contributed by atoms with Crippen LogP contribution < -0.4 is 16.2 Å². The summed E-state index contributed by atoms with van der Waals surface area (Å²) >= 11 is 3.39. The van der Waals surface area contributed by atoms with Gasteiger partial charge < -0.3 is 16.2 Å². The molecule has 20 heavy (non-hydrogen) atoms. The number of nitrogen functional groups attached to an aromatic ring is 1. The largest absolute Gasteiger partial charge is 0.496 e. The zero-order valence-electron chi connectivity index (χ0n) is 11.0. The van der Waals surface area contributed by atoms with Gasteiger partial charge in [0, 0.05) is 5.56 Å². The molecule has 0 unspecified atom stereocenters. The van der Waals surface area contributed by atoms with Crippen LogP contribution in [0, 0.1) is 6.92 Å². The van der Waals surface area contributed by atoms with Gasteiger partial charge in [-0.25, -0.2) is 9.97 Å². The zero-order valence-corrected chi connectivity index (χ0v) is 12.6. The minimum Gasteiger partial charge on any atom is -0.496 e. The smallest absolute Gasteiger partial charge is 0.254 e. The van der Waals surface area contributed by atoms with Crippen molar-refractivity contribution in [3.8, 4) is 17.1 Å². The third kappa shape index (κ3) is 2.57. The maximum absolute atomic E-state index is 11.3.